The summed E-state index contributed by atoms with van der Waals surface area (Å²) in [5, 5.41) is 8.11. The third kappa shape index (κ3) is 5.22. The van der Waals surface area contributed by atoms with Crippen molar-refractivity contribution in [2.24, 2.45) is 0 Å². The van der Waals surface area contributed by atoms with Gasteiger partial charge in [-0.1, -0.05) is 109 Å². The molecule has 0 aliphatic rings. The van der Waals surface area contributed by atoms with Gasteiger partial charge in [0, 0.05) is 5.56 Å². The number of aromatic nitrogens is 2. The normalized spacial score (nSPS) is 11.7. The van der Waals surface area contributed by atoms with Gasteiger partial charge in [-0.25, -0.2) is 4.68 Å². The number of aryl methyl sites for hydroxylation is 1. The average Bonchev–Trinajstić information content (AvgIpc) is 3.36. The molecule has 1 aromatic heterocycles. The minimum Gasteiger partial charge on any atom is -0.344 e. The fraction of sp³-hybridized carbons (Fsp3) is 0.0968. The maximum atomic E-state index is 13.8. The molecule has 1 atom stereocenters. The molecule has 5 rings (SSSR count). The maximum Gasteiger partial charge on any atom is 0.270 e. The van der Waals surface area contributed by atoms with Crippen LogP contribution in [-0.4, -0.2) is 15.7 Å². The quantitative estimate of drug-likeness (QED) is 0.301. The minimum atomic E-state index is -0.173. The van der Waals surface area contributed by atoms with Crippen LogP contribution in [0, 0.1) is 6.92 Å². The molecule has 35 heavy (non-hydrogen) atoms. The van der Waals surface area contributed by atoms with Crippen LogP contribution < -0.4 is 5.32 Å². The van der Waals surface area contributed by atoms with Gasteiger partial charge in [0.1, 0.15) is 5.69 Å². The van der Waals surface area contributed by atoms with Crippen LogP contribution in [0.2, 0.25) is 0 Å². The molecule has 1 heterocycles. The number of benzene rings is 4. The van der Waals surface area contributed by atoms with E-state index in [2.05, 4.69) is 29.6 Å². The fourth-order valence-electron chi connectivity index (χ4n) is 4.20. The number of amides is 1. The Morgan fingerprint density at radius 1 is 0.800 bits per heavy atom. The van der Waals surface area contributed by atoms with Crippen molar-refractivity contribution < 1.29 is 4.79 Å². The lowest BCUT2D eigenvalue weighted by Crippen LogP contribution is -2.31. The number of rotatable bonds is 7. The van der Waals surface area contributed by atoms with Crippen molar-refractivity contribution in [2.75, 3.05) is 0 Å². The summed E-state index contributed by atoms with van der Waals surface area (Å²) < 4.78 is 1.74. The number of carbonyl (C=O) groups is 1. The second-order valence-electron chi connectivity index (χ2n) is 8.65. The summed E-state index contributed by atoms with van der Waals surface area (Å²) in [6, 6.07) is 40.0. The first-order valence-electron chi connectivity index (χ1n) is 11.8. The molecule has 0 bridgehead atoms. The Labute approximate surface area is 205 Å². The van der Waals surface area contributed by atoms with Gasteiger partial charge in [0.15, 0.2) is 0 Å². The van der Waals surface area contributed by atoms with Crippen LogP contribution in [0.3, 0.4) is 0 Å². The van der Waals surface area contributed by atoms with E-state index in [9.17, 15) is 4.79 Å². The van der Waals surface area contributed by atoms with E-state index in [4.69, 9.17) is 5.10 Å². The van der Waals surface area contributed by atoms with Crippen LogP contribution in [-0.2, 0) is 6.42 Å². The molecule has 1 amide bonds. The van der Waals surface area contributed by atoms with E-state index in [0.29, 0.717) is 12.1 Å². The molecule has 4 aromatic carbocycles. The standard InChI is InChI=1S/C31H27N3O/c1-23-17-19-27(20-18-23)34-30(22-29(33-34)26-15-9-4-10-16-26)31(35)32-28(25-13-7-3-8-14-25)21-24-11-5-2-6-12-24/h2-20,22,28H,21H2,1H3,(H,32,35). The summed E-state index contributed by atoms with van der Waals surface area (Å²) in [7, 11) is 0. The third-order valence-electron chi connectivity index (χ3n) is 6.08. The molecular formula is C31H27N3O. The highest BCUT2D eigenvalue weighted by molar-refractivity contribution is 5.94. The molecule has 4 heteroatoms. The van der Waals surface area contributed by atoms with Crippen molar-refractivity contribution >= 4 is 5.91 Å². The first kappa shape index (κ1) is 22.4. The third-order valence-corrected chi connectivity index (χ3v) is 6.08. The van der Waals surface area contributed by atoms with Gasteiger partial charge in [-0.05, 0) is 42.7 Å². The highest BCUT2D eigenvalue weighted by Gasteiger charge is 2.22. The number of carbonyl (C=O) groups excluding carboxylic acids is 1. The largest absolute Gasteiger partial charge is 0.344 e. The summed E-state index contributed by atoms with van der Waals surface area (Å²) >= 11 is 0. The molecule has 1 N–H and O–H groups in total. The lowest BCUT2D eigenvalue weighted by molar-refractivity contribution is 0.0928. The topological polar surface area (TPSA) is 46.9 Å². The summed E-state index contributed by atoms with van der Waals surface area (Å²) in [5.74, 6) is -0.162. The Hall–Kier alpha value is -4.44. The van der Waals surface area contributed by atoms with Crippen LogP contribution in [0.15, 0.2) is 121 Å². The van der Waals surface area contributed by atoms with E-state index < -0.39 is 0 Å². The summed E-state index contributed by atoms with van der Waals surface area (Å²) in [4.78, 5) is 13.8. The van der Waals surface area contributed by atoms with Crippen molar-refractivity contribution in [3.8, 4) is 16.9 Å². The van der Waals surface area contributed by atoms with Crippen molar-refractivity contribution in [1.29, 1.82) is 0 Å². The fourth-order valence-corrected chi connectivity index (χ4v) is 4.20. The summed E-state index contributed by atoms with van der Waals surface area (Å²) in [6.45, 7) is 2.05. The van der Waals surface area contributed by atoms with Gasteiger partial charge in [-0.15, -0.1) is 0 Å². The molecule has 0 saturated heterocycles. The van der Waals surface area contributed by atoms with Crippen LogP contribution in [0.1, 0.15) is 33.2 Å². The molecule has 4 nitrogen and oxygen atoms in total. The highest BCUT2D eigenvalue weighted by Crippen LogP contribution is 2.24. The lowest BCUT2D eigenvalue weighted by atomic mass is 9.98. The zero-order valence-electron chi connectivity index (χ0n) is 19.6. The van der Waals surface area contributed by atoms with Crippen LogP contribution in [0.25, 0.3) is 16.9 Å². The Balaban J connectivity index is 1.52. The molecule has 0 saturated carbocycles. The van der Waals surface area contributed by atoms with E-state index in [1.54, 1.807) is 4.68 Å². The number of nitrogens with one attached hydrogen (secondary N) is 1. The predicted octanol–water partition coefficient (Wildman–Crippen LogP) is 6.56. The van der Waals surface area contributed by atoms with Crippen molar-refractivity contribution in [2.45, 2.75) is 19.4 Å². The predicted molar refractivity (Wildman–Crippen MR) is 141 cm³/mol. The Morgan fingerprint density at radius 2 is 1.40 bits per heavy atom. The Bertz CT molecular complexity index is 1390. The van der Waals surface area contributed by atoms with E-state index in [0.717, 1.165) is 28.1 Å². The van der Waals surface area contributed by atoms with Gasteiger partial charge in [-0.2, -0.15) is 5.10 Å². The van der Waals surface area contributed by atoms with E-state index >= 15 is 0 Å². The van der Waals surface area contributed by atoms with Gasteiger partial charge in [-0.3, -0.25) is 4.79 Å². The molecular weight excluding hydrogens is 430 g/mol. The molecule has 0 aliphatic carbocycles. The van der Waals surface area contributed by atoms with Gasteiger partial charge in [0.25, 0.3) is 5.91 Å². The van der Waals surface area contributed by atoms with E-state index in [1.165, 1.54) is 5.56 Å². The maximum absolute atomic E-state index is 13.8. The van der Waals surface area contributed by atoms with Gasteiger partial charge >= 0.3 is 0 Å². The summed E-state index contributed by atoms with van der Waals surface area (Å²) in [6.07, 6.45) is 0.695. The first-order valence-corrected chi connectivity index (χ1v) is 11.8. The van der Waals surface area contributed by atoms with E-state index in [-0.39, 0.29) is 11.9 Å². The van der Waals surface area contributed by atoms with Crippen molar-refractivity contribution in [1.82, 2.24) is 15.1 Å². The van der Waals surface area contributed by atoms with Gasteiger partial charge < -0.3 is 5.32 Å². The zero-order valence-corrected chi connectivity index (χ0v) is 19.6. The Kier molecular flexibility index (Phi) is 6.53. The number of hydrogen-bond acceptors (Lipinski definition) is 2. The number of hydrogen-bond donors (Lipinski definition) is 1. The van der Waals surface area contributed by atoms with E-state index in [1.807, 2.05) is 104 Å². The first-order chi connectivity index (χ1) is 17.2. The second-order valence-corrected chi connectivity index (χ2v) is 8.65. The Morgan fingerprint density at radius 3 is 2.06 bits per heavy atom. The van der Waals surface area contributed by atoms with Crippen molar-refractivity contribution in [3.63, 3.8) is 0 Å². The minimum absolute atomic E-state index is 0.162. The monoisotopic (exact) mass is 457 g/mol. The molecule has 0 fully saturated rings. The average molecular weight is 458 g/mol. The van der Waals surface area contributed by atoms with Crippen LogP contribution in [0.5, 0.6) is 0 Å². The van der Waals surface area contributed by atoms with Crippen LogP contribution in [0.4, 0.5) is 0 Å². The van der Waals surface area contributed by atoms with Crippen molar-refractivity contribution in [3.05, 3.63) is 144 Å². The second kappa shape index (κ2) is 10.2. The molecule has 172 valence electrons. The summed E-state index contributed by atoms with van der Waals surface area (Å²) in [5.41, 5.74) is 6.46. The number of nitrogens with zero attached hydrogens (tertiary/aromatic N) is 2. The van der Waals surface area contributed by atoms with Gasteiger partial charge in [0.2, 0.25) is 0 Å². The molecule has 1 unspecified atom stereocenters. The van der Waals surface area contributed by atoms with Gasteiger partial charge in [0.05, 0.1) is 17.4 Å². The lowest BCUT2D eigenvalue weighted by Gasteiger charge is -2.20. The zero-order chi connectivity index (χ0) is 24.0. The van der Waals surface area contributed by atoms with Crippen LogP contribution >= 0.6 is 0 Å². The highest BCUT2D eigenvalue weighted by atomic mass is 16.2. The molecule has 5 aromatic rings. The SMILES string of the molecule is Cc1ccc(-n2nc(-c3ccccc3)cc2C(=O)NC(Cc2ccccc2)c2ccccc2)cc1. The molecule has 0 spiro atoms. The molecule has 0 radical (unpaired) electrons. The smallest absolute Gasteiger partial charge is 0.270 e. The molecule has 0 aliphatic heterocycles.